The molecule has 0 fully saturated rings. The summed E-state index contributed by atoms with van der Waals surface area (Å²) in [6.07, 6.45) is 0. The van der Waals surface area contributed by atoms with E-state index < -0.39 is 30.1 Å². The maximum Gasteiger partial charge on any atom is 0.338 e. The molecule has 0 spiro atoms. The van der Waals surface area contributed by atoms with Gasteiger partial charge in [0, 0.05) is 6.07 Å². The van der Waals surface area contributed by atoms with Gasteiger partial charge in [-0.15, -0.1) is 0 Å². The molecule has 1 unspecified atom stereocenters. The molecule has 7 heteroatoms. The van der Waals surface area contributed by atoms with Gasteiger partial charge >= 0.3 is 5.97 Å². The topological polar surface area (TPSA) is 64.6 Å². The van der Waals surface area contributed by atoms with E-state index in [1.54, 1.807) is 25.1 Å². The lowest BCUT2D eigenvalue weighted by atomic mass is 10.1. The summed E-state index contributed by atoms with van der Waals surface area (Å²) in [5.41, 5.74) is 0.511. The molecule has 2 aromatic carbocycles. The lowest BCUT2D eigenvalue weighted by Crippen LogP contribution is -2.31. The van der Waals surface area contributed by atoms with Crippen LogP contribution in [0.3, 0.4) is 0 Å². The molecule has 2 rings (SSSR count). The fourth-order valence-electron chi connectivity index (χ4n) is 2.16. The average molecular weight is 349 g/mol. The van der Waals surface area contributed by atoms with Crippen LogP contribution >= 0.6 is 0 Å². The molecule has 0 aliphatic heterocycles. The molecule has 0 saturated heterocycles. The van der Waals surface area contributed by atoms with Crippen LogP contribution in [0.15, 0.2) is 42.5 Å². The highest BCUT2D eigenvalue weighted by atomic mass is 19.1. The highest BCUT2D eigenvalue weighted by Gasteiger charge is 2.15. The Morgan fingerprint density at radius 2 is 1.80 bits per heavy atom. The molecule has 132 valence electrons. The van der Waals surface area contributed by atoms with Crippen molar-refractivity contribution in [3.05, 3.63) is 65.2 Å². The van der Waals surface area contributed by atoms with Crippen molar-refractivity contribution in [1.29, 1.82) is 0 Å². The zero-order valence-corrected chi connectivity index (χ0v) is 13.7. The van der Waals surface area contributed by atoms with E-state index in [-0.39, 0.29) is 11.6 Å². The van der Waals surface area contributed by atoms with Crippen molar-refractivity contribution < 1.29 is 27.8 Å². The first-order valence-corrected chi connectivity index (χ1v) is 7.45. The molecule has 0 bridgehead atoms. The third-order valence-electron chi connectivity index (χ3n) is 3.40. The summed E-state index contributed by atoms with van der Waals surface area (Å²) < 4.78 is 36.0. The van der Waals surface area contributed by atoms with Gasteiger partial charge in [0.1, 0.15) is 17.4 Å². The molecular weight excluding hydrogens is 332 g/mol. The van der Waals surface area contributed by atoms with Crippen LogP contribution in [0.4, 0.5) is 8.78 Å². The van der Waals surface area contributed by atoms with Gasteiger partial charge in [0.15, 0.2) is 6.61 Å². The lowest BCUT2D eigenvalue weighted by molar-refractivity contribution is -0.124. The van der Waals surface area contributed by atoms with Crippen LogP contribution in [-0.2, 0) is 9.53 Å². The van der Waals surface area contributed by atoms with E-state index in [0.29, 0.717) is 11.8 Å². The second kappa shape index (κ2) is 8.23. The van der Waals surface area contributed by atoms with Crippen LogP contribution in [0.2, 0.25) is 0 Å². The highest BCUT2D eigenvalue weighted by molar-refractivity contribution is 5.91. The van der Waals surface area contributed by atoms with Crippen molar-refractivity contribution in [2.45, 2.75) is 13.0 Å². The third kappa shape index (κ3) is 5.27. The Hall–Kier alpha value is -2.96. The summed E-state index contributed by atoms with van der Waals surface area (Å²) in [5, 5.41) is 2.66. The number of carbonyl (C=O) groups is 2. The van der Waals surface area contributed by atoms with Gasteiger partial charge in [-0.05, 0) is 36.8 Å². The van der Waals surface area contributed by atoms with E-state index in [0.717, 1.165) is 17.7 Å². The fraction of sp³-hybridized carbons (Fsp3) is 0.222. The Labute approximate surface area is 143 Å². The zero-order valence-electron chi connectivity index (χ0n) is 13.7. The monoisotopic (exact) mass is 349 g/mol. The van der Waals surface area contributed by atoms with Gasteiger partial charge in [0.25, 0.3) is 5.91 Å². The van der Waals surface area contributed by atoms with E-state index >= 15 is 0 Å². The van der Waals surface area contributed by atoms with Gasteiger partial charge in [-0.25, -0.2) is 13.6 Å². The van der Waals surface area contributed by atoms with E-state index in [2.05, 4.69) is 5.32 Å². The van der Waals surface area contributed by atoms with Crippen LogP contribution in [0, 0.1) is 11.6 Å². The summed E-state index contributed by atoms with van der Waals surface area (Å²) in [5.74, 6) is -2.67. The van der Waals surface area contributed by atoms with Crippen LogP contribution in [-0.4, -0.2) is 25.6 Å². The minimum absolute atomic E-state index is 0.300. The molecule has 2 aromatic rings. The van der Waals surface area contributed by atoms with E-state index in [1.165, 1.54) is 7.11 Å². The molecule has 1 amide bonds. The van der Waals surface area contributed by atoms with Crippen molar-refractivity contribution in [2.24, 2.45) is 0 Å². The number of esters is 1. The number of carbonyl (C=O) groups excluding carboxylic acids is 2. The Balaban J connectivity index is 1.90. The first-order valence-electron chi connectivity index (χ1n) is 7.45. The Morgan fingerprint density at radius 3 is 2.44 bits per heavy atom. The van der Waals surface area contributed by atoms with E-state index in [4.69, 9.17) is 9.47 Å². The molecule has 0 aromatic heterocycles. The number of ether oxygens (including phenoxy) is 2. The first-order chi connectivity index (χ1) is 11.9. The van der Waals surface area contributed by atoms with Crippen molar-refractivity contribution in [1.82, 2.24) is 5.32 Å². The SMILES string of the molecule is COc1cccc(C(C)NC(=O)COC(=O)c2cc(F)cc(F)c2)c1. The lowest BCUT2D eigenvalue weighted by Gasteiger charge is -2.15. The summed E-state index contributed by atoms with van der Waals surface area (Å²) in [6.45, 7) is 1.20. The van der Waals surface area contributed by atoms with E-state index in [9.17, 15) is 18.4 Å². The fourth-order valence-corrected chi connectivity index (χ4v) is 2.16. The number of halogens is 2. The number of nitrogens with one attached hydrogen (secondary N) is 1. The molecule has 0 saturated carbocycles. The number of methoxy groups -OCH3 is 1. The normalized spacial score (nSPS) is 11.5. The Morgan fingerprint density at radius 1 is 1.12 bits per heavy atom. The van der Waals surface area contributed by atoms with Gasteiger partial charge in [0.05, 0.1) is 18.7 Å². The molecule has 25 heavy (non-hydrogen) atoms. The Bertz CT molecular complexity index is 759. The van der Waals surface area contributed by atoms with Gasteiger partial charge in [-0.1, -0.05) is 12.1 Å². The molecule has 5 nitrogen and oxygen atoms in total. The van der Waals surface area contributed by atoms with Crippen LogP contribution in [0.1, 0.15) is 28.9 Å². The molecular formula is C18H17F2NO4. The minimum atomic E-state index is -0.984. The molecule has 1 N–H and O–H groups in total. The van der Waals surface area contributed by atoms with Crippen LogP contribution < -0.4 is 10.1 Å². The summed E-state index contributed by atoms with van der Waals surface area (Å²) in [4.78, 5) is 23.6. The molecule has 0 aliphatic rings. The number of amides is 1. The predicted molar refractivity (Wildman–Crippen MR) is 86.2 cm³/mol. The number of benzene rings is 2. The zero-order chi connectivity index (χ0) is 18.4. The quantitative estimate of drug-likeness (QED) is 0.815. The van der Waals surface area contributed by atoms with Gasteiger partial charge < -0.3 is 14.8 Å². The number of hydrogen-bond donors (Lipinski definition) is 1. The molecule has 0 radical (unpaired) electrons. The number of hydrogen-bond acceptors (Lipinski definition) is 4. The van der Waals surface area contributed by atoms with Crippen molar-refractivity contribution in [3.63, 3.8) is 0 Å². The standard InChI is InChI=1S/C18H17F2NO4/c1-11(12-4-3-5-16(8-12)24-2)21-17(22)10-25-18(23)13-6-14(19)9-15(20)7-13/h3-9,11H,10H2,1-2H3,(H,21,22). The number of rotatable bonds is 6. The first kappa shape index (κ1) is 18.4. The summed E-state index contributed by atoms with van der Waals surface area (Å²) in [7, 11) is 1.54. The van der Waals surface area contributed by atoms with Crippen molar-refractivity contribution in [2.75, 3.05) is 13.7 Å². The highest BCUT2D eigenvalue weighted by Crippen LogP contribution is 2.18. The van der Waals surface area contributed by atoms with Gasteiger partial charge in [-0.2, -0.15) is 0 Å². The van der Waals surface area contributed by atoms with Crippen molar-refractivity contribution >= 4 is 11.9 Å². The Kier molecular flexibility index (Phi) is 6.05. The largest absolute Gasteiger partial charge is 0.497 e. The maximum atomic E-state index is 13.1. The third-order valence-corrected chi connectivity index (χ3v) is 3.40. The predicted octanol–water partition coefficient (Wildman–Crippen LogP) is 3.01. The van der Waals surface area contributed by atoms with Crippen LogP contribution in [0.25, 0.3) is 0 Å². The maximum absolute atomic E-state index is 13.1. The van der Waals surface area contributed by atoms with Crippen LogP contribution in [0.5, 0.6) is 5.75 Å². The van der Waals surface area contributed by atoms with Gasteiger partial charge in [-0.3, -0.25) is 4.79 Å². The van der Waals surface area contributed by atoms with E-state index in [1.807, 2.05) is 6.07 Å². The van der Waals surface area contributed by atoms with Gasteiger partial charge in [0.2, 0.25) is 0 Å². The summed E-state index contributed by atoms with van der Waals surface area (Å²) >= 11 is 0. The second-order valence-electron chi connectivity index (χ2n) is 5.30. The summed E-state index contributed by atoms with van der Waals surface area (Å²) in [6, 6.07) is 9.12. The second-order valence-corrected chi connectivity index (χ2v) is 5.30. The molecule has 0 aliphatic carbocycles. The molecule has 1 atom stereocenters. The minimum Gasteiger partial charge on any atom is -0.497 e. The van der Waals surface area contributed by atoms with Crippen molar-refractivity contribution in [3.8, 4) is 5.75 Å². The smallest absolute Gasteiger partial charge is 0.338 e. The molecule has 0 heterocycles. The average Bonchev–Trinajstić information content (AvgIpc) is 2.58.